The molecule has 11 heteroatoms. The lowest BCUT2D eigenvalue weighted by atomic mass is 10.0. The van der Waals surface area contributed by atoms with Gasteiger partial charge in [-0.1, -0.05) is 20.8 Å². The minimum absolute atomic E-state index is 0.0571. The summed E-state index contributed by atoms with van der Waals surface area (Å²) in [7, 11) is 1.27. The van der Waals surface area contributed by atoms with Crippen LogP contribution in [0.1, 0.15) is 56.6 Å². The van der Waals surface area contributed by atoms with Crippen molar-refractivity contribution in [2.24, 2.45) is 5.92 Å². The number of pyridine rings is 1. The number of imidazole rings is 1. The normalized spacial score (nSPS) is 14.4. The van der Waals surface area contributed by atoms with E-state index in [2.05, 4.69) is 20.3 Å². The van der Waals surface area contributed by atoms with E-state index in [4.69, 9.17) is 4.74 Å². The van der Waals surface area contributed by atoms with E-state index in [0.717, 1.165) is 12.8 Å². The van der Waals surface area contributed by atoms with E-state index in [0.29, 0.717) is 30.0 Å². The Hall–Kier alpha value is -3.76. The molecular weight excluding hydrogens is 440 g/mol. The lowest BCUT2D eigenvalue weighted by Crippen LogP contribution is -2.45. The monoisotopic (exact) mass is 468 g/mol. The minimum Gasteiger partial charge on any atom is -0.467 e. The molecule has 0 bridgehead atoms. The Balaban J connectivity index is 1.66. The van der Waals surface area contributed by atoms with Crippen LogP contribution in [0, 0.1) is 5.92 Å². The van der Waals surface area contributed by atoms with Gasteiger partial charge in [0, 0.05) is 24.3 Å². The Kier molecular flexibility index (Phi) is 6.36. The lowest BCUT2D eigenvalue weighted by Gasteiger charge is -2.19. The molecule has 3 heterocycles. The van der Waals surface area contributed by atoms with Gasteiger partial charge in [0.1, 0.15) is 23.1 Å². The molecule has 0 saturated heterocycles. The van der Waals surface area contributed by atoms with Crippen LogP contribution < -0.4 is 16.6 Å². The number of methoxy groups -OCH3 is 1. The summed E-state index contributed by atoms with van der Waals surface area (Å²) in [6.07, 6.45) is 3.80. The van der Waals surface area contributed by atoms with Crippen LogP contribution in [0.4, 0.5) is 0 Å². The van der Waals surface area contributed by atoms with Crippen molar-refractivity contribution >= 4 is 23.0 Å². The maximum absolute atomic E-state index is 13.0. The summed E-state index contributed by atoms with van der Waals surface area (Å²) in [5, 5.41) is 2.64. The third-order valence-corrected chi connectivity index (χ3v) is 5.85. The van der Waals surface area contributed by atoms with Gasteiger partial charge < -0.3 is 15.0 Å². The molecule has 3 aromatic rings. The highest BCUT2D eigenvalue weighted by atomic mass is 16.5. The molecule has 1 aliphatic rings. The standard InChI is InChI=1S/C23H28N6O5/c1-5-10-28-19-17(21(31)29(23(28)33)14-7-8-14)25-18(27-19)13-6-9-15(24-11-13)20(30)26-16(12(2)3)22(32)34-4/h6,9,11-12,14,16H,5,7-8,10H2,1-4H3,(H,25,27)(H,26,30)/t16-/m0/s1. The fourth-order valence-corrected chi connectivity index (χ4v) is 3.86. The van der Waals surface area contributed by atoms with E-state index in [1.54, 1.807) is 19.9 Å². The Bertz CT molecular complexity index is 1350. The van der Waals surface area contributed by atoms with Crippen molar-refractivity contribution in [3.63, 3.8) is 0 Å². The molecule has 0 radical (unpaired) electrons. The van der Waals surface area contributed by atoms with Gasteiger partial charge in [0.15, 0.2) is 5.65 Å². The highest BCUT2D eigenvalue weighted by Gasteiger charge is 2.30. The van der Waals surface area contributed by atoms with Crippen LogP contribution in [-0.4, -0.2) is 49.1 Å². The van der Waals surface area contributed by atoms with E-state index in [9.17, 15) is 19.2 Å². The number of aromatic amines is 1. The van der Waals surface area contributed by atoms with Gasteiger partial charge in [-0.2, -0.15) is 0 Å². The molecular formula is C23H28N6O5. The number of fused-ring (bicyclic) bond motifs is 1. The SMILES string of the molecule is CCCn1c(=O)n(C2CC2)c(=O)c2[nH]c(-c3ccc(C(=O)N[C@H](C(=O)OC)C(C)C)nc3)nc21. The molecule has 0 aliphatic heterocycles. The van der Waals surface area contributed by atoms with Crippen LogP contribution in [-0.2, 0) is 16.1 Å². The maximum Gasteiger partial charge on any atom is 0.333 e. The molecule has 0 aromatic carbocycles. The van der Waals surface area contributed by atoms with Gasteiger partial charge in [-0.15, -0.1) is 0 Å². The van der Waals surface area contributed by atoms with Crippen molar-refractivity contribution in [3.05, 3.63) is 44.9 Å². The molecule has 11 nitrogen and oxygen atoms in total. The van der Waals surface area contributed by atoms with Crippen molar-refractivity contribution < 1.29 is 14.3 Å². The van der Waals surface area contributed by atoms with Gasteiger partial charge >= 0.3 is 11.7 Å². The molecule has 0 unspecified atom stereocenters. The summed E-state index contributed by atoms with van der Waals surface area (Å²) >= 11 is 0. The van der Waals surface area contributed by atoms with E-state index in [1.807, 2.05) is 6.92 Å². The number of aryl methyl sites for hydroxylation is 1. The van der Waals surface area contributed by atoms with E-state index in [1.165, 1.54) is 28.5 Å². The van der Waals surface area contributed by atoms with Crippen LogP contribution >= 0.6 is 0 Å². The van der Waals surface area contributed by atoms with Crippen LogP contribution in [0.5, 0.6) is 0 Å². The fraction of sp³-hybridized carbons (Fsp3) is 0.478. The zero-order valence-corrected chi connectivity index (χ0v) is 19.6. The number of nitrogens with one attached hydrogen (secondary N) is 2. The molecule has 3 aromatic heterocycles. The number of rotatable bonds is 8. The van der Waals surface area contributed by atoms with E-state index < -0.39 is 17.9 Å². The predicted octanol–water partition coefficient (Wildman–Crippen LogP) is 1.62. The molecule has 1 saturated carbocycles. The van der Waals surface area contributed by atoms with Gasteiger partial charge in [0.05, 0.1) is 7.11 Å². The second-order valence-electron chi connectivity index (χ2n) is 8.77. The Morgan fingerprint density at radius 2 is 2.00 bits per heavy atom. The molecule has 34 heavy (non-hydrogen) atoms. The molecule has 1 fully saturated rings. The summed E-state index contributed by atoms with van der Waals surface area (Å²) in [4.78, 5) is 62.2. The minimum atomic E-state index is -0.793. The summed E-state index contributed by atoms with van der Waals surface area (Å²) in [5.41, 5.74) is 0.538. The third-order valence-electron chi connectivity index (χ3n) is 5.85. The third kappa shape index (κ3) is 4.25. The molecule has 0 spiro atoms. The molecule has 2 N–H and O–H groups in total. The summed E-state index contributed by atoms with van der Waals surface area (Å²) in [6.45, 7) is 6.00. The largest absolute Gasteiger partial charge is 0.467 e. The number of esters is 1. The average Bonchev–Trinajstić information content (AvgIpc) is 3.56. The van der Waals surface area contributed by atoms with Gasteiger partial charge in [-0.25, -0.2) is 14.6 Å². The van der Waals surface area contributed by atoms with Crippen molar-refractivity contribution in [2.45, 2.75) is 58.7 Å². The quantitative estimate of drug-likeness (QED) is 0.479. The number of carbonyl (C=O) groups excluding carboxylic acids is 2. The van der Waals surface area contributed by atoms with Gasteiger partial charge in [-0.3, -0.25) is 23.7 Å². The first-order chi connectivity index (χ1) is 16.3. The summed E-state index contributed by atoms with van der Waals surface area (Å²) in [5.74, 6) is -0.827. The van der Waals surface area contributed by atoms with E-state index >= 15 is 0 Å². The molecule has 4 rings (SSSR count). The zero-order valence-electron chi connectivity index (χ0n) is 19.6. The number of nitrogens with zero attached hydrogens (tertiary/aromatic N) is 4. The van der Waals surface area contributed by atoms with Crippen molar-refractivity contribution in [2.75, 3.05) is 7.11 Å². The molecule has 180 valence electrons. The highest BCUT2D eigenvalue weighted by molar-refractivity contribution is 5.95. The van der Waals surface area contributed by atoms with Gasteiger partial charge in [-0.05, 0) is 37.3 Å². The smallest absolute Gasteiger partial charge is 0.333 e. The van der Waals surface area contributed by atoms with Crippen molar-refractivity contribution in [1.82, 2.24) is 29.4 Å². The van der Waals surface area contributed by atoms with Crippen LogP contribution in [0.3, 0.4) is 0 Å². The number of carbonyl (C=O) groups is 2. The second kappa shape index (κ2) is 9.24. The Morgan fingerprint density at radius 1 is 1.26 bits per heavy atom. The zero-order chi connectivity index (χ0) is 24.6. The number of H-pyrrole nitrogens is 1. The fourth-order valence-electron chi connectivity index (χ4n) is 3.86. The lowest BCUT2D eigenvalue weighted by molar-refractivity contribution is -0.144. The number of amides is 1. The Morgan fingerprint density at radius 3 is 2.56 bits per heavy atom. The number of ether oxygens (including phenoxy) is 1. The maximum atomic E-state index is 13.0. The van der Waals surface area contributed by atoms with Crippen LogP contribution in [0.25, 0.3) is 22.6 Å². The summed E-state index contributed by atoms with van der Waals surface area (Å²) in [6, 6.07) is 2.30. The first-order valence-electron chi connectivity index (χ1n) is 11.4. The van der Waals surface area contributed by atoms with Gasteiger partial charge in [0.2, 0.25) is 0 Å². The van der Waals surface area contributed by atoms with Crippen molar-refractivity contribution in [1.29, 1.82) is 0 Å². The molecule has 1 amide bonds. The number of aromatic nitrogens is 5. The van der Waals surface area contributed by atoms with E-state index in [-0.39, 0.29) is 34.4 Å². The summed E-state index contributed by atoms with van der Waals surface area (Å²) < 4.78 is 7.60. The van der Waals surface area contributed by atoms with Crippen LogP contribution in [0.15, 0.2) is 27.9 Å². The van der Waals surface area contributed by atoms with Crippen molar-refractivity contribution in [3.8, 4) is 11.4 Å². The molecule has 1 aliphatic carbocycles. The second-order valence-corrected chi connectivity index (χ2v) is 8.77. The molecule has 1 atom stereocenters. The first-order valence-corrected chi connectivity index (χ1v) is 11.4. The topological polar surface area (TPSA) is 141 Å². The van der Waals surface area contributed by atoms with Gasteiger partial charge in [0.25, 0.3) is 11.5 Å². The average molecular weight is 469 g/mol. The highest BCUT2D eigenvalue weighted by Crippen LogP contribution is 2.32. The Labute approximate surface area is 195 Å². The predicted molar refractivity (Wildman–Crippen MR) is 125 cm³/mol. The first kappa shape index (κ1) is 23.4. The number of hydrogen-bond donors (Lipinski definition) is 2. The number of hydrogen-bond acceptors (Lipinski definition) is 7. The van der Waals surface area contributed by atoms with Crippen LogP contribution in [0.2, 0.25) is 0 Å².